The molecule has 2 unspecified atom stereocenters. The number of carbonyl (C=O) groups excluding carboxylic acids is 1. The summed E-state index contributed by atoms with van der Waals surface area (Å²) in [5, 5.41) is 3.27. The Morgan fingerprint density at radius 2 is 2.12 bits per heavy atom. The number of nitrogens with zero attached hydrogens (tertiary/aromatic N) is 1. The Kier molecular flexibility index (Phi) is 3.96. The smallest absolute Gasteiger partial charge is 0.248 e. The maximum Gasteiger partial charge on any atom is 0.248 e. The van der Waals surface area contributed by atoms with E-state index in [0.29, 0.717) is 5.92 Å². The number of hydrogen-bond donors (Lipinski definition) is 2. The van der Waals surface area contributed by atoms with E-state index in [1.807, 2.05) is 13.8 Å². The highest BCUT2D eigenvalue weighted by Gasteiger charge is 2.37. The molecule has 0 saturated heterocycles. The zero-order valence-corrected chi connectivity index (χ0v) is 11.4. The third-order valence-electron chi connectivity index (χ3n) is 3.64. The lowest BCUT2D eigenvalue weighted by atomic mass is 9.91. The average Bonchev–Trinajstić information content (AvgIpc) is 2.25. The molecule has 3 N–H and O–H groups in total. The fourth-order valence-corrected chi connectivity index (χ4v) is 1.84. The first-order chi connectivity index (χ1) is 7.81. The molecule has 1 aliphatic heterocycles. The van der Waals surface area contributed by atoms with Crippen molar-refractivity contribution in [1.82, 2.24) is 5.32 Å². The monoisotopic (exact) mass is 237 g/mol. The molecule has 2 atom stereocenters. The minimum Gasteiger partial charge on any atom is -0.369 e. The van der Waals surface area contributed by atoms with E-state index in [1.54, 1.807) is 6.92 Å². The van der Waals surface area contributed by atoms with E-state index < -0.39 is 5.54 Å². The molecule has 96 valence electrons. The van der Waals surface area contributed by atoms with Crippen LogP contribution >= 0.6 is 0 Å². The number of allylic oxidation sites excluding steroid dienone is 2. The highest BCUT2D eigenvalue weighted by Crippen LogP contribution is 2.24. The minimum atomic E-state index is -0.845. The molecule has 0 aromatic carbocycles. The van der Waals surface area contributed by atoms with Crippen molar-refractivity contribution >= 4 is 11.6 Å². The van der Waals surface area contributed by atoms with E-state index >= 15 is 0 Å². The summed E-state index contributed by atoms with van der Waals surface area (Å²) in [6, 6.07) is 0. The van der Waals surface area contributed by atoms with Gasteiger partial charge >= 0.3 is 0 Å². The first-order valence-electron chi connectivity index (χ1n) is 6.14. The highest BCUT2D eigenvalue weighted by molar-refractivity contribution is 6.12. The lowest BCUT2D eigenvalue weighted by Crippen LogP contribution is -2.59. The van der Waals surface area contributed by atoms with E-state index in [0.717, 1.165) is 29.9 Å². The van der Waals surface area contributed by atoms with Gasteiger partial charge in [0.1, 0.15) is 0 Å². The second kappa shape index (κ2) is 4.90. The van der Waals surface area contributed by atoms with Gasteiger partial charge in [-0.25, -0.2) is 0 Å². The van der Waals surface area contributed by atoms with Crippen molar-refractivity contribution in [2.45, 2.75) is 53.0 Å². The molecule has 1 heterocycles. The molecule has 17 heavy (non-hydrogen) atoms. The number of rotatable bonds is 4. The van der Waals surface area contributed by atoms with Crippen molar-refractivity contribution in [1.29, 1.82) is 0 Å². The Morgan fingerprint density at radius 1 is 1.53 bits per heavy atom. The Labute approximate surface area is 103 Å². The molecule has 0 aromatic heterocycles. The largest absolute Gasteiger partial charge is 0.369 e. The van der Waals surface area contributed by atoms with Crippen LogP contribution in [0.5, 0.6) is 0 Å². The molecule has 1 aliphatic rings. The second-order valence-corrected chi connectivity index (χ2v) is 5.09. The van der Waals surface area contributed by atoms with Gasteiger partial charge in [-0.05, 0) is 33.1 Å². The summed E-state index contributed by atoms with van der Waals surface area (Å²) in [7, 11) is 0. The first-order valence-corrected chi connectivity index (χ1v) is 6.14. The predicted molar refractivity (Wildman–Crippen MR) is 70.6 cm³/mol. The van der Waals surface area contributed by atoms with Crippen molar-refractivity contribution in [3.63, 3.8) is 0 Å². The average molecular weight is 237 g/mol. The number of nitrogens with one attached hydrogen (secondary N) is 1. The molecule has 0 bridgehead atoms. The number of nitrogens with two attached hydrogens (primary N) is 1. The quantitative estimate of drug-likeness (QED) is 0.785. The molecule has 0 aliphatic carbocycles. The molecule has 4 heteroatoms. The summed E-state index contributed by atoms with van der Waals surface area (Å²) in [6.45, 7) is 9.94. The molecule has 0 spiro atoms. The van der Waals surface area contributed by atoms with Crippen LogP contribution in [0.2, 0.25) is 0 Å². The Balaban J connectivity index is 3.00. The van der Waals surface area contributed by atoms with Crippen LogP contribution in [0.1, 0.15) is 47.5 Å². The fourth-order valence-electron chi connectivity index (χ4n) is 1.84. The predicted octanol–water partition coefficient (Wildman–Crippen LogP) is 1.96. The number of aliphatic imine (C=N–C) groups is 1. The second-order valence-electron chi connectivity index (χ2n) is 5.09. The summed E-state index contributed by atoms with van der Waals surface area (Å²) in [5.74, 6) is 0.186. The normalized spacial score (nSPS) is 26.3. The maximum atomic E-state index is 11.6. The Morgan fingerprint density at radius 3 is 2.59 bits per heavy atom. The minimum absolute atomic E-state index is 0.382. The third kappa shape index (κ3) is 2.68. The van der Waals surface area contributed by atoms with Crippen molar-refractivity contribution < 1.29 is 4.79 Å². The molecule has 1 amide bonds. The summed E-state index contributed by atoms with van der Waals surface area (Å²) >= 11 is 0. The van der Waals surface area contributed by atoms with Gasteiger partial charge in [0, 0.05) is 11.4 Å². The third-order valence-corrected chi connectivity index (χ3v) is 3.64. The molecular weight excluding hydrogens is 214 g/mol. The summed E-state index contributed by atoms with van der Waals surface area (Å²) in [5.41, 5.74) is 7.34. The van der Waals surface area contributed by atoms with Crippen molar-refractivity contribution in [2.24, 2.45) is 16.6 Å². The van der Waals surface area contributed by atoms with Crippen LogP contribution < -0.4 is 11.1 Å². The van der Waals surface area contributed by atoms with Crippen LogP contribution in [0.25, 0.3) is 0 Å². The van der Waals surface area contributed by atoms with Crippen LogP contribution in [0.15, 0.2) is 16.4 Å². The van der Waals surface area contributed by atoms with Crippen LogP contribution in [0, 0.1) is 5.92 Å². The molecule has 0 saturated carbocycles. The van der Waals surface area contributed by atoms with Gasteiger partial charge in [0.25, 0.3) is 0 Å². The van der Waals surface area contributed by atoms with E-state index in [1.165, 1.54) is 0 Å². The zero-order valence-electron chi connectivity index (χ0n) is 11.4. The van der Waals surface area contributed by atoms with Gasteiger partial charge in [-0.15, -0.1) is 0 Å². The number of amides is 1. The topological polar surface area (TPSA) is 67.5 Å². The molecule has 1 rings (SSSR count). The lowest BCUT2D eigenvalue weighted by Gasteiger charge is -2.34. The standard InChI is InChI=1S/C13H23N3O/c1-6-8(2)7-11-9(3)15-10(4)13(5,16-11)12(14)17/h8,16H,6-7H2,1-5H3,(H2,14,17). The van der Waals surface area contributed by atoms with Gasteiger partial charge in [-0.3, -0.25) is 9.79 Å². The van der Waals surface area contributed by atoms with Gasteiger partial charge < -0.3 is 11.1 Å². The molecule has 0 radical (unpaired) electrons. The van der Waals surface area contributed by atoms with E-state index in [9.17, 15) is 4.79 Å². The van der Waals surface area contributed by atoms with Crippen molar-refractivity contribution in [3.8, 4) is 0 Å². The van der Waals surface area contributed by atoms with Gasteiger partial charge in [0.2, 0.25) is 5.91 Å². The number of hydrogen-bond acceptors (Lipinski definition) is 3. The number of carbonyl (C=O) groups is 1. The van der Waals surface area contributed by atoms with E-state index in [4.69, 9.17) is 5.73 Å². The van der Waals surface area contributed by atoms with Crippen LogP contribution in [0.3, 0.4) is 0 Å². The summed E-state index contributed by atoms with van der Waals surface area (Å²) in [4.78, 5) is 16.0. The van der Waals surface area contributed by atoms with Crippen molar-refractivity contribution in [2.75, 3.05) is 0 Å². The maximum absolute atomic E-state index is 11.6. The SMILES string of the molecule is CCC(C)CC1=C(C)N=C(C)C(C)(C(N)=O)N1. The fraction of sp³-hybridized carbons (Fsp3) is 0.692. The molecule has 4 nitrogen and oxygen atoms in total. The summed E-state index contributed by atoms with van der Waals surface area (Å²) in [6.07, 6.45) is 2.01. The summed E-state index contributed by atoms with van der Waals surface area (Å²) < 4.78 is 0. The number of primary amides is 1. The van der Waals surface area contributed by atoms with Crippen LogP contribution in [0.4, 0.5) is 0 Å². The lowest BCUT2D eigenvalue weighted by molar-refractivity contribution is -0.121. The van der Waals surface area contributed by atoms with Crippen molar-refractivity contribution in [3.05, 3.63) is 11.4 Å². The van der Waals surface area contributed by atoms with Gasteiger partial charge in [-0.1, -0.05) is 20.3 Å². The van der Waals surface area contributed by atoms with E-state index in [-0.39, 0.29) is 5.91 Å². The molecule has 0 aromatic rings. The molecular formula is C13H23N3O. The van der Waals surface area contributed by atoms with Gasteiger partial charge in [-0.2, -0.15) is 0 Å². The molecule has 0 fully saturated rings. The van der Waals surface area contributed by atoms with Gasteiger partial charge in [0.05, 0.1) is 5.70 Å². The zero-order chi connectivity index (χ0) is 13.2. The van der Waals surface area contributed by atoms with E-state index in [2.05, 4.69) is 24.2 Å². The van der Waals surface area contributed by atoms with Gasteiger partial charge in [0.15, 0.2) is 5.54 Å². The highest BCUT2D eigenvalue weighted by atomic mass is 16.1. The van der Waals surface area contributed by atoms with Crippen LogP contribution in [-0.4, -0.2) is 17.2 Å². The first kappa shape index (κ1) is 13.7. The van der Waals surface area contributed by atoms with Crippen LogP contribution in [-0.2, 0) is 4.79 Å². The Hall–Kier alpha value is -1.32. The Bertz CT molecular complexity index is 384.